The average molecular weight is 1730 g/mol. The molecule has 41 nitrogen and oxygen atoms in total. The van der Waals surface area contributed by atoms with Gasteiger partial charge in [-0.05, 0) is 98.4 Å². The van der Waals surface area contributed by atoms with Gasteiger partial charge >= 0.3 is 18.2 Å². The van der Waals surface area contributed by atoms with E-state index in [-0.39, 0.29) is 84.6 Å². The summed E-state index contributed by atoms with van der Waals surface area (Å²) in [5.74, 6) is -13.6. The molecule has 1 saturated carbocycles. The molecule has 15 atom stereocenters. The highest BCUT2D eigenvalue weighted by Gasteiger charge is 2.46. The molecule has 2 aromatic carbocycles. The Hall–Kier alpha value is -11.2. The van der Waals surface area contributed by atoms with Gasteiger partial charge in [0.15, 0.2) is 6.04 Å². The summed E-state index contributed by atoms with van der Waals surface area (Å²) in [6.45, 7) is 5.07. The van der Waals surface area contributed by atoms with Gasteiger partial charge in [-0.3, -0.25) is 57.5 Å². The van der Waals surface area contributed by atoms with Crippen LogP contribution < -0.4 is 74.7 Å². The molecule has 2 fully saturated rings. The number of primary amides is 2. The van der Waals surface area contributed by atoms with E-state index >= 15 is 4.55 Å². The summed E-state index contributed by atoms with van der Waals surface area (Å²) in [6, 6.07) is -3.18. The molecule has 1 saturated heterocycles. The van der Waals surface area contributed by atoms with Crippen molar-refractivity contribution in [3.05, 3.63) is 65.0 Å². The van der Waals surface area contributed by atoms with Crippen molar-refractivity contribution >= 4 is 117 Å². The summed E-state index contributed by atoms with van der Waals surface area (Å²) in [4.78, 5) is 214. The number of hydrogen-bond donors (Lipinski definition) is 17. The number of nitrogens with zero attached hydrogens (tertiary/aromatic N) is 6. The summed E-state index contributed by atoms with van der Waals surface area (Å²) in [7, 11) is 2.79. The van der Waals surface area contributed by atoms with E-state index in [0.717, 1.165) is 34.0 Å². The number of likely N-dealkylation sites (N-methyl/N-ethyl adjacent to an activating group) is 2. The Morgan fingerprint density at radius 1 is 0.746 bits per heavy atom. The number of aliphatic hydroxyl groups excluding tert-OH is 3. The van der Waals surface area contributed by atoms with E-state index in [9.17, 15) is 87.2 Å². The molecule has 9 rings (SSSR count). The molecule has 19 N–H and O–H groups in total. The first kappa shape index (κ1) is 94.6. The van der Waals surface area contributed by atoms with Gasteiger partial charge in [-0.2, -0.15) is 0 Å². The zero-order valence-corrected chi connectivity index (χ0v) is 70.5. The number of benzene rings is 2. The largest absolute Gasteiger partial charge is 0.610 e. The van der Waals surface area contributed by atoms with Crippen LogP contribution >= 0.6 is 0 Å². The fraction of sp³-hybridized carbons (Fsp3) is 0.613. The van der Waals surface area contributed by atoms with Crippen molar-refractivity contribution in [1.82, 2.24) is 87.8 Å². The highest BCUT2D eigenvalue weighted by atomic mass is 32.2. The minimum absolute atomic E-state index is 0.0356. The Morgan fingerprint density at radius 2 is 1.43 bits per heavy atom. The van der Waals surface area contributed by atoms with Crippen molar-refractivity contribution < 1.29 is 101 Å². The molecule has 3 unspecified atom stereocenters. The molecule has 3 aliphatic heterocycles. The number of carbonyl (C=O) groups excluding carboxylic acids is 15. The molecule has 668 valence electrons. The topological polar surface area (TPSA) is 599 Å². The van der Waals surface area contributed by atoms with Gasteiger partial charge < -0.3 is 119 Å². The molecule has 4 bridgehead atoms. The van der Waals surface area contributed by atoms with E-state index in [1.165, 1.54) is 89.1 Å². The van der Waals surface area contributed by atoms with Crippen molar-refractivity contribution in [3.63, 3.8) is 0 Å². The summed E-state index contributed by atoms with van der Waals surface area (Å²) >= 11 is -2.56. The van der Waals surface area contributed by atoms with Crippen LogP contribution in [0.25, 0.3) is 10.9 Å². The van der Waals surface area contributed by atoms with Crippen LogP contribution in [-0.4, -0.2) is 270 Å². The Labute approximate surface area is 708 Å². The van der Waals surface area contributed by atoms with Crippen LogP contribution in [0.15, 0.2) is 47.5 Å². The lowest BCUT2D eigenvalue weighted by Gasteiger charge is -2.32. The van der Waals surface area contributed by atoms with E-state index < -0.39 is 218 Å². The lowest BCUT2D eigenvalue weighted by Crippen LogP contribution is -2.62. The van der Waals surface area contributed by atoms with Gasteiger partial charge in [-0.1, -0.05) is 90.5 Å². The summed E-state index contributed by atoms with van der Waals surface area (Å²) in [6.07, 6.45) is 4.60. The Balaban J connectivity index is 0.863. The highest BCUT2D eigenvalue weighted by Crippen LogP contribution is 2.35. The van der Waals surface area contributed by atoms with Crippen molar-refractivity contribution in [2.24, 2.45) is 41.1 Å². The number of urea groups is 1. The number of amides is 16. The lowest BCUT2D eigenvalue weighted by molar-refractivity contribution is -0.144. The normalized spacial score (nSPS) is 23.4. The maximum absolute atomic E-state index is 15.3. The Bertz CT molecular complexity index is 4430. The van der Waals surface area contributed by atoms with Crippen LogP contribution in [-0.2, 0) is 106 Å². The van der Waals surface area contributed by atoms with Gasteiger partial charge in [0.1, 0.15) is 60.4 Å². The second kappa shape index (κ2) is 44.5. The van der Waals surface area contributed by atoms with Gasteiger partial charge in [0.25, 0.3) is 0 Å². The van der Waals surface area contributed by atoms with Crippen LogP contribution in [0.4, 0.5) is 20.1 Å². The van der Waals surface area contributed by atoms with Crippen molar-refractivity contribution in [3.8, 4) is 5.75 Å². The maximum Gasteiger partial charge on any atom is 0.415 e. The molecule has 5 heterocycles. The molecular formula is C80H116N20O21S. The molecule has 5 aliphatic rings. The predicted molar refractivity (Wildman–Crippen MR) is 439 cm³/mol. The Morgan fingerprint density at radius 3 is 2.10 bits per heavy atom. The first-order valence-electron chi connectivity index (χ1n) is 41.5. The monoisotopic (exact) mass is 1720 g/mol. The Kier molecular flexibility index (Phi) is 34.5. The van der Waals surface area contributed by atoms with Crippen molar-refractivity contribution in [2.45, 2.75) is 222 Å². The van der Waals surface area contributed by atoms with Gasteiger partial charge in [0.05, 0.1) is 55.2 Å². The van der Waals surface area contributed by atoms with Crippen molar-refractivity contribution in [2.75, 3.05) is 71.0 Å². The fourth-order valence-corrected chi connectivity index (χ4v) is 16.9. The number of carbonyl (C=O) groups is 15. The molecule has 122 heavy (non-hydrogen) atoms. The molecule has 2 aromatic heterocycles. The minimum atomic E-state index is -2.56. The number of H-pyrrole nitrogens is 1. The number of anilines is 1. The maximum atomic E-state index is 15.3. The zero-order chi connectivity index (χ0) is 88.8. The van der Waals surface area contributed by atoms with Gasteiger partial charge in [0.2, 0.25) is 75.9 Å². The van der Waals surface area contributed by atoms with E-state index in [1.807, 2.05) is 4.68 Å². The van der Waals surface area contributed by atoms with E-state index in [0.29, 0.717) is 42.5 Å². The molecule has 2 aliphatic carbocycles. The number of nitrogens with one attached hydrogen (secondary N) is 12. The first-order chi connectivity index (χ1) is 58.1. The number of aliphatic hydroxyl groups is 3. The predicted octanol–water partition coefficient (Wildman–Crippen LogP) is -1.77. The number of aryl methyl sites for hydroxylation is 1. The number of aromatic nitrogens is 4. The third-order valence-electron chi connectivity index (χ3n) is 22.9. The molecule has 0 radical (unpaired) electrons. The number of ether oxygens (including phenoxy) is 2. The van der Waals surface area contributed by atoms with Gasteiger partial charge in [-0.15, -0.1) is 5.10 Å². The van der Waals surface area contributed by atoms with Gasteiger partial charge in [0, 0.05) is 106 Å². The number of nitrogens with two attached hydrogens (primary N) is 2. The number of hydrogen-bond acceptors (Lipinski definition) is 23. The van der Waals surface area contributed by atoms with Crippen LogP contribution in [0.1, 0.15) is 147 Å². The van der Waals surface area contributed by atoms with E-state index in [1.54, 1.807) is 52.0 Å². The standard InChI is InChI=1S/C80H116N20O21S/c1-8-43(4)67-73(112)85-36-64(106)87-58-41-122(119)76-52(34-56(69(108)84-37-65(107)93-67)89-75(114)68(44(5)61(103)39-101)94-72(111)60-32-49(102)38-99(60)77(115)57(35-62(81)104)90-71(58)110)51-25-24-50(33-54(51)91-76)121-80(118)98(7)29-28-97(6)79(117)120-40-47-20-22-48(23-21-47)86-70(109)53(16-12-26-83-78(82)116)88-74(113)66(42(2)3)92-63(105)17-13-27-100-59-31-46-15-11-9-10-14-45(18-19-46)30-55(59)95-96-100/h20-25,33,42-46,49,53,56-58,60-61,66-68,91,101-103H,8-19,26-32,34-41H2,1-7H3,(H2,81,104)(H,84,108)(H,85,112)(H,86,109)(H,87,106)(H,88,113)(H,89,114)(H,90,110)(H,92,105)(H,93,107)(H,94,111)(H3,82,83,116)/t43-,44-,45?,46?,49+,53-,56+,57-,58-,60-,61-,66-,67-,68-,122?/m0/s1. The van der Waals surface area contributed by atoms with E-state index in [2.05, 4.69) is 73.8 Å². The second-order valence-electron chi connectivity index (χ2n) is 32.5. The minimum Gasteiger partial charge on any atom is -0.610 e. The summed E-state index contributed by atoms with van der Waals surface area (Å²) < 4.78 is 28.6. The fourth-order valence-electron chi connectivity index (χ4n) is 15.5. The van der Waals surface area contributed by atoms with Crippen molar-refractivity contribution in [1.29, 1.82) is 0 Å². The zero-order valence-electron chi connectivity index (χ0n) is 69.7. The quantitative estimate of drug-likeness (QED) is 0.0232. The lowest BCUT2D eigenvalue weighted by atomic mass is 9.83. The van der Waals surface area contributed by atoms with Crippen LogP contribution in [0, 0.1) is 29.6 Å². The third-order valence-corrected chi connectivity index (χ3v) is 24.4. The number of rotatable bonds is 27. The second-order valence-corrected chi connectivity index (χ2v) is 34.0. The number of aromatic amines is 1. The number of fused-ring (bicyclic) bond motifs is 9. The molecule has 4 aromatic rings. The molecule has 0 spiro atoms. The summed E-state index contributed by atoms with van der Waals surface area (Å²) in [5, 5.41) is 69.2. The van der Waals surface area contributed by atoms with Crippen LogP contribution in [0.2, 0.25) is 0 Å². The molecule has 42 heteroatoms. The SMILES string of the molecule is CC[C@H](C)[C@@H]1NC(=O)CNC(=O)[C@H]2Cc3c([nH]c4cc(OC(=O)N(C)CCN(C)C(=O)OCc5ccc(NC(=O)[C@H](CCCNC(N)=O)NC(=O)[C@@H](NC(=O)CCCn6nnc7c6CC6CCCCCC(CC6)C7)C(C)C)cc5)ccc34)[S+]([O-])C[C@H](NC(=O)CNC1=O)C(=O)N[C@@H](CC(N)=O)C(=O)N1C[C@H](O)C[C@H]1C(=O)N[C@@H]([C@@H](C)[C@@H](O)CO)C(=O)N2. The smallest absolute Gasteiger partial charge is 0.415 e. The average Bonchev–Trinajstić information content (AvgIpc) is 1.62. The highest BCUT2D eigenvalue weighted by molar-refractivity contribution is 7.91. The third kappa shape index (κ3) is 26.4. The molecular weight excluding hydrogens is 1610 g/mol. The first-order valence-corrected chi connectivity index (χ1v) is 42.8. The van der Waals surface area contributed by atoms with E-state index in [4.69, 9.17) is 20.9 Å². The van der Waals surface area contributed by atoms with Crippen LogP contribution in [0.5, 0.6) is 5.75 Å². The van der Waals surface area contributed by atoms with Crippen LogP contribution in [0.3, 0.4) is 0 Å². The summed E-state index contributed by atoms with van der Waals surface area (Å²) in [5.41, 5.74) is 13.9. The molecule has 16 amide bonds. The van der Waals surface area contributed by atoms with Gasteiger partial charge in [-0.25, -0.2) is 19.1 Å².